The van der Waals surface area contributed by atoms with Crippen molar-refractivity contribution in [3.8, 4) is 0 Å². The van der Waals surface area contributed by atoms with Crippen molar-refractivity contribution in [2.45, 2.75) is 19.5 Å². The first-order valence-electron chi connectivity index (χ1n) is 9.80. The molecule has 0 spiro atoms. The normalized spacial score (nSPS) is 16.5. The molecule has 0 saturated carbocycles. The number of amides is 2. The predicted molar refractivity (Wildman–Crippen MR) is 111 cm³/mol. The minimum absolute atomic E-state index is 0.0706. The molecule has 10 nitrogen and oxygen atoms in total. The van der Waals surface area contributed by atoms with Crippen LogP contribution in [-0.4, -0.2) is 83.4 Å². The lowest BCUT2D eigenvalue weighted by Gasteiger charge is -2.26. The van der Waals surface area contributed by atoms with Gasteiger partial charge in [-0.05, 0) is 6.92 Å². The number of alkyl halides is 2. The molecule has 1 aliphatic rings. The second-order valence-corrected chi connectivity index (χ2v) is 9.15. The second-order valence-electron chi connectivity index (χ2n) is 7.14. The van der Waals surface area contributed by atoms with Gasteiger partial charge in [-0.1, -0.05) is 0 Å². The maximum absolute atomic E-state index is 14.8. The van der Waals surface area contributed by atoms with Gasteiger partial charge in [-0.15, -0.1) is 4.41 Å². The lowest BCUT2D eigenvalue weighted by atomic mass is 10.2. The van der Waals surface area contributed by atoms with E-state index in [1.165, 1.54) is 11.9 Å². The van der Waals surface area contributed by atoms with Gasteiger partial charge in [0.1, 0.15) is 11.8 Å². The molecule has 1 aliphatic heterocycles. The van der Waals surface area contributed by atoms with E-state index in [1.807, 2.05) is 5.32 Å². The van der Waals surface area contributed by atoms with Crippen LogP contribution in [0.5, 0.6) is 0 Å². The molecule has 1 aromatic rings. The molecule has 0 aliphatic carbocycles. The quantitative estimate of drug-likeness (QED) is 0.344. The van der Waals surface area contributed by atoms with Gasteiger partial charge in [0.25, 0.3) is 5.91 Å². The molecule has 1 saturated heterocycles. The van der Waals surface area contributed by atoms with Crippen molar-refractivity contribution in [3.05, 3.63) is 23.8 Å². The Morgan fingerprint density at radius 2 is 1.91 bits per heavy atom. The summed E-state index contributed by atoms with van der Waals surface area (Å²) in [5.41, 5.74) is 2.09. The van der Waals surface area contributed by atoms with Crippen LogP contribution in [0.15, 0.2) is 12.1 Å². The third kappa shape index (κ3) is 6.91. The number of cyclic esters (lactones) is 1. The van der Waals surface area contributed by atoms with E-state index in [0.717, 1.165) is 27.7 Å². The van der Waals surface area contributed by atoms with Crippen molar-refractivity contribution in [3.63, 3.8) is 0 Å². The van der Waals surface area contributed by atoms with Gasteiger partial charge in [-0.25, -0.2) is 27.4 Å². The number of hydrogen-bond acceptors (Lipinski definition) is 7. The summed E-state index contributed by atoms with van der Waals surface area (Å²) >= 11 is 0. The summed E-state index contributed by atoms with van der Waals surface area (Å²) in [6.07, 6.45) is -4.15. The zero-order chi connectivity index (χ0) is 24.9. The fourth-order valence-electron chi connectivity index (χ4n) is 3.03. The monoisotopic (exact) mass is 499 g/mol. The van der Waals surface area contributed by atoms with Gasteiger partial charge in [0.2, 0.25) is 10.0 Å². The van der Waals surface area contributed by atoms with E-state index in [4.69, 9.17) is 4.74 Å². The number of rotatable bonds is 11. The highest BCUT2D eigenvalue weighted by Gasteiger charge is 2.34. The smallest absolute Gasteiger partial charge is 0.414 e. The molecule has 2 N–H and O–H groups in total. The minimum Gasteiger partial charge on any atom is -0.442 e. The summed E-state index contributed by atoms with van der Waals surface area (Å²) in [4.78, 5) is 25.3. The van der Waals surface area contributed by atoms with Crippen LogP contribution in [0.1, 0.15) is 6.92 Å². The van der Waals surface area contributed by atoms with E-state index < -0.39 is 46.2 Å². The summed E-state index contributed by atoms with van der Waals surface area (Å²) in [6.45, 7) is 1.41. The van der Waals surface area contributed by atoms with Crippen LogP contribution >= 0.6 is 0 Å². The molecule has 1 atom stereocenters. The number of nitrogens with one attached hydrogen (secondary N) is 2. The number of carbonyl (C=O) groups excluding carboxylic acids is 2. The third-order valence-corrected chi connectivity index (χ3v) is 5.93. The molecule has 0 bridgehead atoms. The molecule has 186 valence electrons. The standard InChI is InChI=1S/C18H25F4N5O5S/c1-4-26(6-5-24-25(2)33(3,30)31)15-13(19)7-11(8-14(15)20)27-10-12(32-18(27)29)9-23-17(28)16(21)22/h7-8,12,16,24H,4-6,9-10H2,1-3H3,(H,23,28)/t12-/m0/s1. The van der Waals surface area contributed by atoms with Crippen molar-refractivity contribution in [2.75, 3.05) is 55.8 Å². The number of likely N-dealkylation sites (N-methyl/N-ethyl adjacent to an activating group) is 1. The summed E-state index contributed by atoms with van der Waals surface area (Å²) in [7, 11) is -2.19. The third-order valence-electron chi connectivity index (χ3n) is 4.80. The van der Waals surface area contributed by atoms with Crippen LogP contribution < -0.4 is 20.5 Å². The number of hydrazine groups is 1. The van der Waals surface area contributed by atoms with E-state index in [9.17, 15) is 35.6 Å². The topological polar surface area (TPSA) is 111 Å². The number of nitrogens with zero attached hydrogens (tertiary/aromatic N) is 3. The average molecular weight is 499 g/mol. The van der Waals surface area contributed by atoms with Crippen LogP contribution in [0.25, 0.3) is 0 Å². The highest BCUT2D eigenvalue weighted by molar-refractivity contribution is 7.88. The average Bonchev–Trinajstić information content (AvgIpc) is 3.09. The second kappa shape index (κ2) is 11.0. The lowest BCUT2D eigenvalue weighted by molar-refractivity contribution is -0.132. The molecule has 1 heterocycles. The predicted octanol–water partition coefficient (Wildman–Crippen LogP) is 0.894. The van der Waals surface area contributed by atoms with E-state index in [0.29, 0.717) is 0 Å². The molecule has 1 fully saturated rings. The number of sulfonamides is 1. The van der Waals surface area contributed by atoms with Gasteiger partial charge in [0.15, 0.2) is 11.6 Å². The zero-order valence-electron chi connectivity index (χ0n) is 18.1. The minimum atomic E-state index is -3.48. The molecule has 33 heavy (non-hydrogen) atoms. The van der Waals surface area contributed by atoms with Crippen LogP contribution in [0.3, 0.4) is 0 Å². The maximum atomic E-state index is 14.8. The van der Waals surface area contributed by atoms with E-state index >= 15 is 0 Å². The molecular weight excluding hydrogens is 474 g/mol. The van der Waals surface area contributed by atoms with Crippen LogP contribution in [0.4, 0.5) is 33.7 Å². The highest BCUT2D eigenvalue weighted by Crippen LogP contribution is 2.30. The first-order chi connectivity index (χ1) is 15.3. The summed E-state index contributed by atoms with van der Waals surface area (Å²) in [6, 6.07) is 1.86. The van der Waals surface area contributed by atoms with Crippen molar-refractivity contribution in [1.29, 1.82) is 0 Å². The van der Waals surface area contributed by atoms with Gasteiger partial charge >= 0.3 is 12.5 Å². The van der Waals surface area contributed by atoms with Crippen LogP contribution in [-0.2, 0) is 19.6 Å². The van der Waals surface area contributed by atoms with Gasteiger partial charge in [-0.3, -0.25) is 9.69 Å². The number of anilines is 2. The van der Waals surface area contributed by atoms with Crippen LogP contribution in [0, 0.1) is 11.6 Å². The molecule has 0 radical (unpaired) electrons. The molecular formula is C18H25F4N5O5S. The summed E-state index contributed by atoms with van der Waals surface area (Å²) < 4.78 is 82.8. The Labute approximate surface area is 188 Å². The Kier molecular flexibility index (Phi) is 8.85. The molecule has 15 heteroatoms. The van der Waals surface area contributed by atoms with Gasteiger partial charge in [0, 0.05) is 38.8 Å². The number of carbonyl (C=O) groups is 2. The van der Waals surface area contributed by atoms with Crippen molar-refractivity contribution in [1.82, 2.24) is 15.2 Å². The van der Waals surface area contributed by atoms with Crippen LogP contribution in [0.2, 0.25) is 0 Å². The maximum Gasteiger partial charge on any atom is 0.414 e. The Balaban J connectivity index is 2.09. The Morgan fingerprint density at radius 1 is 1.30 bits per heavy atom. The largest absolute Gasteiger partial charge is 0.442 e. The molecule has 2 rings (SSSR count). The summed E-state index contributed by atoms with van der Waals surface area (Å²) in [5, 5.41) is 1.91. The van der Waals surface area contributed by atoms with E-state index in [1.54, 1.807) is 6.92 Å². The summed E-state index contributed by atoms with van der Waals surface area (Å²) in [5.74, 6) is -3.46. The lowest BCUT2D eigenvalue weighted by Crippen LogP contribution is -2.43. The van der Waals surface area contributed by atoms with Gasteiger partial charge < -0.3 is 15.0 Å². The molecule has 1 aromatic carbocycles. The van der Waals surface area contributed by atoms with Crippen molar-refractivity contribution >= 4 is 33.4 Å². The first kappa shape index (κ1) is 26.6. The van der Waals surface area contributed by atoms with E-state index in [2.05, 4.69) is 5.43 Å². The Morgan fingerprint density at radius 3 is 2.42 bits per heavy atom. The number of benzene rings is 1. The number of halogens is 4. The van der Waals surface area contributed by atoms with Crippen molar-refractivity contribution < 1.29 is 40.3 Å². The van der Waals surface area contributed by atoms with Gasteiger partial charge in [-0.2, -0.15) is 8.78 Å². The SMILES string of the molecule is CCN(CCNN(C)S(C)(=O)=O)c1c(F)cc(N2C[C@H](CNC(=O)C(F)F)OC2=O)cc1F. The van der Waals surface area contributed by atoms with Gasteiger partial charge in [0.05, 0.1) is 25.0 Å². The fraction of sp³-hybridized carbons (Fsp3) is 0.556. The number of ether oxygens (including phenoxy) is 1. The number of hydrogen-bond donors (Lipinski definition) is 2. The Bertz CT molecular complexity index is 958. The van der Waals surface area contributed by atoms with Crippen molar-refractivity contribution in [2.24, 2.45) is 0 Å². The molecule has 0 unspecified atom stereocenters. The highest BCUT2D eigenvalue weighted by atomic mass is 32.2. The Hall–Kier alpha value is -2.65. The zero-order valence-corrected chi connectivity index (χ0v) is 19.0. The molecule has 2 amide bonds. The first-order valence-corrected chi connectivity index (χ1v) is 11.6. The van der Waals surface area contributed by atoms with E-state index in [-0.39, 0.29) is 44.1 Å². The fourth-order valence-corrected chi connectivity index (χ4v) is 3.35. The molecule has 0 aromatic heterocycles.